The van der Waals surface area contributed by atoms with Crippen LogP contribution in [0.25, 0.3) is 0 Å². The molecule has 0 aliphatic carbocycles. The molecular weight excluding hydrogens is 284 g/mol. The van der Waals surface area contributed by atoms with Gasteiger partial charge in [0.25, 0.3) is 0 Å². The first-order chi connectivity index (χ1) is 9.82. The number of nitrogens with zero attached hydrogens (tertiary/aromatic N) is 1. The van der Waals surface area contributed by atoms with Crippen molar-refractivity contribution in [1.29, 1.82) is 0 Å². The third-order valence-corrected chi connectivity index (χ3v) is 4.63. The van der Waals surface area contributed by atoms with Crippen molar-refractivity contribution in [2.45, 2.75) is 18.2 Å². The van der Waals surface area contributed by atoms with Gasteiger partial charge in [0.05, 0.1) is 16.3 Å². The first-order valence-electron chi connectivity index (χ1n) is 6.75. The van der Waals surface area contributed by atoms with Crippen LogP contribution in [0.2, 0.25) is 0 Å². The number of hydrogen-bond acceptors (Lipinski definition) is 4. The summed E-state index contributed by atoms with van der Waals surface area (Å²) in [5, 5.41) is 0. The van der Waals surface area contributed by atoms with Crippen molar-refractivity contribution < 1.29 is 8.42 Å². The highest BCUT2D eigenvalue weighted by atomic mass is 32.2. The molecule has 0 radical (unpaired) electrons. The normalized spacial score (nSPS) is 11.4. The summed E-state index contributed by atoms with van der Waals surface area (Å²) in [6.07, 6.45) is 2.17. The highest BCUT2D eigenvalue weighted by Crippen LogP contribution is 2.30. The van der Waals surface area contributed by atoms with E-state index in [1.165, 1.54) is 17.9 Å². The fourth-order valence-corrected chi connectivity index (χ4v) is 2.82. The van der Waals surface area contributed by atoms with E-state index >= 15 is 0 Å². The van der Waals surface area contributed by atoms with Gasteiger partial charge in [-0.3, -0.25) is 0 Å². The Morgan fingerprint density at radius 3 is 2.19 bits per heavy atom. The van der Waals surface area contributed by atoms with Crippen molar-refractivity contribution in [3.63, 3.8) is 0 Å². The van der Waals surface area contributed by atoms with Crippen LogP contribution in [0.3, 0.4) is 0 Å². The molecule has 2 aromatic carbocycles. The summed E-state index contributed by atoms with van der Waals surface area (Å²) < 4.78 is 23.1. The zero-order valence-electron chi connectivity index (χ0n) is 12.5. The van der Waals surface area contributed by atoms with E-state index in [1.807, 2.05) is 24.1 Å². The van der Waals surface area contributed by atoms with Crippen molar-refractivity contribution >= 4 is 26.9 Å². The van der Waals surface area contributed by atoms with Crippen molar-refractivity contribution in [2.75, 3.05) is 23.9 Å². The molecule has 0 spiro atoms. The van der Waals surface area contributed by atoms with Gasteiger partial charge >= 0.3 is 0 Å². The molecule has 5 heteroatoms. The van der Waals surface area contributed by atoms with Gasteiger partial charge in [-0.15, -0.1) is 0 Å². The predicted octanol–water partition coefficient (Wildman–Crippen LogP) is 3.00. The van der Waals surface area contributed by atoms with E-state index in [1.54, 1.807) is 12.1 Å². The Labute approximate surface area is 126 Å². The number of aryl methyl sites for hydroxylation is 1. The highest BCUT2D eigenvalue weighted by molar-refractivity contribution is 7.90. The first-order valence-corrected chi connectivity index (χ1v) is 8.64. The van der Waals surface area contributed by atoms with Gasteiger partial charge in [0.2, 0.25) is 0 Å². The summed E-state index contributed by atoms with van der Waals surface area (Å²) in [5.41, 5.74) is 9.51. The van der Waals surface area contributed by atoms with Crippen molar-refractivity contribution in [3.8, 4) is 0 Å². The summed E-state index contributed by atoms with van der Waals surface area (Å²) in [5.74, 6) is 0. The van der Waals surface area contributed by atoms with Gasteiger partial charge in [-0.05, 0) is 42.3 Å². The predicted molar refractivity (Wildman–Crippen MR) is 87.8 cm³/mol. The Balaban J connectivity index is 2.36. The second kappa shape index (κ2) is 5.77. The van der Waals surface area contributed by atoms with Crippen LogP contribution in [-0.4, -0.2) is 21.7 Å². The van der Waals surface area contributed by atoms with Gasteiger partial charge in [0, 0.05) is 19.0 Å². The highest BCUT2D eigenvalue weighted by Gasteiger charge is 2.12. The number of hydrogen-bond donors (Lipinski definition) is 1. The molecule has 21 heavy (non-hydrogen) atoms. The fourth-order valence-electron chi connectivity index (χ4n) is 2.16. The van der Waals surface area contributed by atoms with Crippen LogP contribution in [0.1, 0.15) is 12.5 Å². The number of anilines is 3. The maximum atomic E-state index is 11.5. The average molecular weight is 304 g/mol. The third kappa shape index (κ3) is 3.36. The van der Waals surface area contributed by atoms with E-state index in [2.05, 4.69) is 19.1 Å². The Hall–Kier alpha value is -2.01. The van der Waals surface area contributed by atoms with Crippen LogP contribution in [0, 0.1) is 0 Å². The Kier molecular flexibility index (Phi) is 4.23. The molecule has 112 valence electrons. The molecule has 0 unspecified atom stereocenters. The second-order valence-electron chi connectivity index (χ2n) is 5.07. The maximum Gasteiger partial charge on any atom is 0.175 e. The minimum Gasteiger partial charge on any atom is -0.397 e. The molecule has 0 amide bonds. The number of sulfone groups is 1. The topological polar surface area (TPSA) is 63.4 Å². The lowest BCUT2D eigenvalue weighted by Crippen LogP contribution is -2.12. The van der Waals surface area contributed by atoms with Crippen LogP contribution in [0.4, 0.5) is 17.1 Å². The zero-order valence-corrected chi connectivity index (χ0v) is 13.3. The number of benzene rings is 2. The van der Waals surface area contributed by atoms with Gasteiger partial charge in [0.15, 0.2) is 9.84 Å². The van der Waals surface area contributed by atoms with E-state index in [0.29, 0.717) is 5.69 Å². The lowest BCUT2D eigenvalue weighted by atomic mass is 10.1. The SMILES string of the molecule is CCc1ccc(N(C)c2ccc(S(C)(=O)=O)cc2N)cc1. The van der Waals surface area contributed by atoms with Crippen LogP contribution in [-0.2, 0) is 16.3 Å². The molecule has 0 fully saturated rings. The van der Waals surface area contributed by atoms with Crippen LogP contribution in [0.5, 0.6) is 0 Å². The van der Waals surface area contributed by atoms with Gasteiger partial charge in [-0.2, -0.15) is 0 Å². The summed E-state index contributed by atoms with van der Waals surface area (Å²) in [7, 11) is -1.33. The lowest BCUT2D eigenvalue weighted by Gasteiger charge is -2.22. The van der Waals surface area contributed by atoms with Gasteiger partial charge in [-0.25, -0.2) is 8.42 Å². The number of rotatable bonds is 4. The molecule has 0 saturated heterocycles. The molecule has 0 aromatic heterocycles. The first kappa shape index (κ1) is 15.4. The molecule has 2 rings (SSSR count). The molecule has 0 heterocycles. The van der Waals surface area contributed by atoms with Crippen LogP contribution < -0.4 is 10.6 Å². The molecule has 4 nitrogen and oxygen atoms in total. The van der Waals surface area contributed by atoms with Crippen molar-refractivity contribution in [2.24, 2.45) is 0 Å². The second-order valence-corrected chi connectivity index (χ2v) is 7.09. The zero-order chi connectivity index (χ0) is 15.6. The van der Waals surface area contributed by atoms with Gasteiger partial charge in [-0.1, -0.05) is 19.1 Å². The quantitative estimate of drug-likeness (QED) is 0.882. The minimum absolute atomic E-state index is 0.235. The molecular formula is C16H20N2O2S. The maximum absolute atomic E-state index is 11.5. The molecule has 0 atom stereocenters. The number of nitrogen functional groups attached to an aromatic ring is 1. The fraction of sp³-hybridized carbons (Fsp3) is 0.250. The molecule has 2 aromatic rings. The largest absolute Gasteiger partial charge is 0.397 e. The van der Waals surface area contributed by atoms with E-state index in [4.69, 9.17) is 5.73 Å². The molecule has 0 bridgehead atoms. The monoisotopic (exact) mass is 304 g/mol. The minimum atomic E-state index is -3.24. The van der Waals surface area contributed by atoms with Crippen molar-refractivity contribution in [1.82, 2.24) is 0 Å². The van der Waals surface area contributed by atoms with E-state index in [-0.39, 0.29) is 4.90 Å². The molecule has 0 aliphatic rings. The lowest BCUT2D eigenvalue weighted by molar-refractivity contribution is 0.602. The van der Waals surface area contributed by atoms with Crippen molar-refractivity contribution in [3.05, 3.63) is 48.0 Å². The standard InChI is InChI=1S/C16H20N2O2S/c1-4-12-5-7-13(8-6-12)18(2)16-10-9-14(11-15(16)17)21(3,19)20/h5-11H,4,17H2,1-3H3. The Morgan fingerprint density at radius 2 is 1.71 bits per heavy atom. The summed E-state index contributed by atoms with van der Waals surface area (Å²) >= 11 is 0. The molecule has 2 N–H and O–H groups in total. The summed E-state index contributed by atoms with van der Waals surface area (Å²) in [6, 6.07) is 13.0. The third-order valence-electron chi connectivity index (χ3n) is 3.52. The van der Waals surface area contributed by atoms with Crippen LogP contribution in [0.15, 0.2) is 47.4 Å². The number of nitrogens with two attached hydrogens (primary N) is 1. The van der Waals surface area contributed by atoms with E-state index < -0.39 is 9.84 Å². The van der Waals surface area contributed by atoms with E-state index in [9.17, 15) is 8.42 Å². The summed E-state index contributed by atoms with van der Waals surface area (Å²) in [6.45, 7) is 2.11. The van der Waals surface area contributed by atoms with Gasteiger partial charge in [0.1, 0.15) is 0 Å². The summed E-state index contributed by atoms with van der Waals surface area (Å²) in [4.78, 5) is 2.18. The van der Waals surface area contributed by atoms with Gasteiger partial charge < -0.3 is 10.6 Å². The molecule has 0 saturated carbocycles. The average Bonchev–Trinajstić information content (AvgIpc) is 2.45. The Morgan fingerprint density at radius 1 is 1.10 bits per heavy atom. The van der Waals surface area contributed by atoms with Crippen LogP contribution >= 0.6 is 0 Å². The molecule has 0 aliphatic heterocycles. The Bertz CT molecular complexity index is 737. The van der Waals surface area contributed by atoms with E-state index in [0.717, 1.165) is 17.8 Å². The smallest absolute Gasteiger partial charge is 0.175 e.